The van der Waals surface area contributed by atoms with Crippen LogP contribution in [0, 0.1) is 22.0 Å². The van der Waals surface area contributed by atoms with Crippen LogP contribution in [0.5, 0.6) is 0 Å². The Balaban J connectivity index is 2.06. The maximum Gasteiger partial charge on any atom is 0.267 e. The Bertz CT molecular complexity index is 897. The molecule has 0 aromatic heterocycles. The van der Waals surface area contributed by atoms with Crippen molar-refractivity contribution < 1.29 is 4.79 Å². The third kappa shape index (κ3) is 5.18. The maximum atomic E-state index is 12.1. The smallest absolute Gasteiger partial charge is 0.267 e. The number of hydrogen-bond donors (Lipinski definition) is 3. The second kappa shape index (κ2) is 8.65. The number of anilines is 3. The first-order valence-electron chi connectivity index (χ1n) is 6.92. The van der Waals surface area contributed by atoms with E-state index in [0.717, 1.165) is 16.7 Å². The zero-order chi connectivity index (χ0) is 18.2. The van der Waals surface area contributed by atoms with Crippen LogP contribution >= 0.6 is 23.4 Å². The van der Waals surface area contributed by atoms with E-state index in [1.165, 1.54) is 12.3 Å². The molecule has 0 atom stereocenters. The molecule has 0 aliphatic carbocycles. The minimum absolute atomic E-state index is 0.108. The first kappa shape index (κ1) is 18.2. The molecular formula is C17H12ClN5OS. The highest BCUT2D eigenvalue weighted by molar-refractivity contribution is 8.03. The summed E-state index contributed by atoms with van der Waals surface area (Å²) < 4.78 is 0. The van der Waals surface area contributed by atoms with Crippen molar-refractivity contribution in [2.24, 2.45) is 0 Å². The zero-order valence-electron chi connectivity index (χ0n) is 12.8. The van der Waals surface area contributed by atoms with Crippen molar-refractivity contribution >= 4 is 46.3 Å². The summed E-state index contributed by atoms with van der Waals surface area (Å²) in [5, 5.41) is 25.5. The van der Waals surface area contributed by atoms with Gasteiger partial charge in [-0.05, 0) is 54.2 Å². The Hall–Kier alpha value is -3.13. The van der Waals surface area contributed by atoms with Gasteiger partial charge >= 0.3 is 0 Å². The first-order valence-corrected chi connectivity index (χ1v) is 8.12. The number of nitrogens with zero attached hydrogens (tertiary/aromatic N) is 2. The van der Waals surface area contributed by atoms with Gasteiger partial charge in [-0.15, -0.1) is 0 Å². The second-order valence-electron chi connectivity index (χ2n) is 4.72. The molecule has 0 unspecified atom stereocenters. The highest BCUT2D eigenvalue weighted by Gasteiger charge is 2.10. The predicted octanol–water partition coefficient (Wildman–Crippen LogP) is 3.95. The molecule has 25 heavy (non-hydrogen) atoms. The van der Waals surface area contributed by atoms with E-state index in [-0.39, 0.29) is 5.57 Å². The molecule has 0 fully saturated rings. The molecule has 6 nitrogen and oxygen atoms in total. The van der Waals surface area contributed by atoms with E-state index >= 15 is 0 Å². The van der Waals surface area contributed by atoms with Crippen molar-refractivity contribution in [2.75, 3.05) is 16.4 Å². The summed E-state index contributed by atoms with van der Waals surface area (Å²) in [5.41, 5.74) is 7.01. The average molecular weight is 370 g/mol. The van der Waals surface area contributed by atoms with E-state index < -0.39 is 5.91 Å². The predicted molar refractivity (Wildman–Crippen MR) is 99.7 cm³/mol. The number of nitrogen functional groups attached to an aromatic ring is 1. The summed E-state index contributed by atoms with van der Waals surface area (Å²) in [6.07, 6.45) is 1.31. The number of thiocyanates is 1. The molecule has 0 aliphatic rings. The number of carbonyl (C=O) groups is 1. The normalized spacial score (nSPS) is 10.4. The number of amides is 1. The highest BCUT2D eigenvalue weighted by atomic mass is 35.5. The molecule has 0 spiro atoms. The third-order valence-corrected chi connectivity index (χ3v) is 3.95. The standard InChI is InChI=1S/C17H12ClN5OS/c18-15-7-13(3-6-16(15)21)23-17(24)11(8-19)9-22-12-1-4-14(5-2-12)25-10-20/h1-7,9,22H,21H2,(H,23,24)/b11-9-. The molecule has 0 heterocycles. The topological polar surface area (TPSA) is 115 Å². The van der Waals surface area contributed by atoms with Gasteiger partial charge in [0.2, 0.25) is 0 Å². The number of rotatable bonds is 5. The third-order valence-electron chi connectivity index (χ3n) is 3.02. The van der Waals surface area contributed by atoms with E-state index in [4.69, 9.17) is 27.9 Å². The minimum atomic E-state index is -0.576. The van der Waals surface area contributed by atoms with Crippen molar-refractivity contribution in [3.05, 3.63) is 59.3 Å². The summed E-state index contributed by atoms with van der Waals surface area (Å²) in [6, 6.07) is 13.5. The van der Waals surface area contributed by atoms with Crippen LogP contribution in [0.3, 0.4) is 0 Å². The van der Waals surface area contributed by atoms with Gasteiger partial charge in [0, 0.05) is 22.5 Å². The molecule has 1 amide bonds. The summed E-state index contributed by atoms with van der Waals surface area (Å²) in [6.45, 7) is 0. The molecule has 0 saturated heterocycles. The molecule has 2 aromatic carbocycles. The molecule has 8 heteroatoms. The van der Waals surface area contributed by atoms with Gasteiger partial charge < -0.3 is 16.4 Å². The lowest BCUT2D eigenvalue weighted by Crippen LogP contribution is -2.14. The number of thioether (sulfide) groups is 1. The van der Waals surface area contributed by atoms with Gasteiger partial charge in [0.25, 0.3) is 5.91 Å². The van der Waals surface area contributed by atoms with E-state index in [1.54, 1.807) is 36.4 Å². The van der Waals surface area contributed by atoms with Gasteiger partial charge in [-0.3, -0.25) is 4.79 Å². The molecule has 0 aliphatic heterocycles. The van der Waals surface area contributed by atoms with Crippen molar-refractivity contribution in [3.8, 4) is 11.5 Å². The van der Waals surface area contributed by atoms with Gasteiger partial charge in [0.15, 0.2) is 0 Å². The lowest BCUT2D eigenvalue weighted by Gasteiger charge is -2.07. The van der Waals surface area contributed by atoms with Crippen LogP contribution in [0.2, 0.25) is 5.02 Å². The van der Waals surface area contributed by atoms with E-state index in [2.05, 4.69) is 10.6 Å². The summed E-state index contributed by atoms with van der Waals surface area (Å²) in [7, 11) is 0. The van der Waals surface area contributed by atoms with Crippen LogP contribution in [-0.4, -0.2) is 5.91 Å². The van der Waals surface area contributed by atoms with Crippen molar-refractivity contribution in [1.82, 2.24) is 0 Å². The van der Waals surface area contributed by atoms with Crippen LogP contribution in [0.4, 0.5) is 17.1 Å². The van der Waals surface area contributed by atoms with Gasteiger partial charge in [0.05, 0.1) is 10.7 Å². The molecule has 0 bridgehead atoms. The number of carbonyl (C=O) groups excluding carboxylic acids is 1. The molecule has 4 N–H and O–H groups in total. The zero-order valence-corrected chi connectivity index (χ0v) is 14.4. The van der Waals surface area contributed by atoms with Crippen molar-refractivity contribution in [3.63, 3.8) is 0 Å². The van der Waals surface area contributed by atoms with E-state index in [9.17, 15) is 4.79 Å². The fraction of sp³-hybridized carbons (Fsp3) is 0. The van der Waals surface area contributed by atoms with Crippen LogP contribution in [0.25, 0.3) is 0 Å². The largest absolute Gasteiger partial charge is 0.398 e. The van der Waals surface area contributed by atoms with Crippen LogP contribution in [0.15, 0.2) is 59.1 Å². The van der Waals surface area contributed by atoms with E-state index in [0.29, 0.717) is 22.1 Å². The van der Waals surface area contributed by atoms with Gasteiger partial charge in [-0.25, -0.2) is 0 Å². The van der Waals surface area contributed by atoms with Crippen molar-refractivity contribution in [1.29, 1.82) is 10.5 Å². The van der Waals surface area contributed by atoms with Crippen molar-refractivity contribution in [2.45, 2.75) is 4.90 Å². The quantitative estimate of drug-likeness (QED) is 0.241. The maximum absolute atomic E-state index is 12.1. The lowest BCUT2D eigenvalue weighted by atomic mass is 10.2. The minimum Gasteiger partial charge on any atom is -0.398 e. The number of nitrogens with two attached hydrogens (primary N) is 1. The Kier molecular flexibility index (Phi) is 6.30. The first-order chi connectivity index (χ1) is 12.0. The number of nitrogens with one attached hydrogen (secondary N) is 2. The Morgan fingerprint density at radius 3 is 2.44 bits per heavy atom. The number of hydrogen-bond acceptors (Lipinski definition) is 6. The number of benzene rings is 2. The number of nitriles is 2. The van der Waals surface area contributed by atoms with Gasteiger partial charge in [-0.2, -0.15) is 10.5 Å². The van der Waals surface area contributed by atoms with Gasteiger partial charge in [-0.1, -0.05) is 11.6 Å². The second-order valence-corrected chi connectivity index (χ2v) is 5.99. The summed E-state index contributed by atoms with van der Waals surface area (Å²) >= 11 is 6.94. The monoisotopic (exact) mass is 369 g/mol. The van der Waals surface area contributed by atoms with Crippen LogP contribution in [-0.2, 0) is 4.79 Å². The Labute approximate surface area is 153 Å². The Morgan fingerprint density at radius 1 is 1.16 bits per heavy atom. The highest BCUT2D eigenvalue weighted by Crippen LogP contribution is 2.23. The fourth-order valence-corrected chi connectivity index (χ4v) is 2.34. The molecule has 2 aromatic rings. The number of halogens is 1. The summed E-state index contributed by atoms with van der Waals surface area (Å²) in [4.78, 5) is 12.9. The SMILES string of the molecule is N#CSc1ccc(N/C=C(/C#N)C(=O)Nc2ccc(N)c(Cl)c2)cc1. The van der Waals surface area contributed by atoms with E-state index in [1.807, 2.05) is 11.5 Å². The van der Waals surface area contributed by atoms with Gasteiger partial charge in [0.1, 0.15) is 17.0 Å². The van der Waals surface area contributed by atoms with Crippen LogP contribution in [0.1, 0.15) is 0 Å². The molecule has 124 valence electrons. The molecule has 0 saturated carbocycles. The van der Waals surface area contributed by atoms with Crippen LogP contribution < -0.4 is 16.4 Å². The fourth-order valence-electron chi connectivity index (χ4n) is 1.78. The average Bonchev–Trinajstić information content (AvgIpc) is 2.60. The molecule has 2 rings (SSSR count). The lowest BCUT2D eigenvalue weighted by molar-refractivity contribution is -0.112. The summed E-state index contributed by atoms with van der Waals surface area (Å²) in [5.74, 6) is -0.576. The Morgan fingerprint density at radius 2 is 1.84 bits per heavy atom. The molecular weight excluding hydrogens is 358 g/mol. The molecule has 0 radical (unpaired) electrons.